The monoisotopic (exact) mass is 404 g/mol. The second-order valence-electron chi connectivity index (χ2n) is 5.38. The number of benzene rings is 1. The molecule has 1 saturated carbocycles. The smallest absolute Gasteiger partial charge is 0.133 e. The second kappa shape index (κ2) is 7.69. The van der Waals surface area contributed by atoms with Crippen molar-refractivity contribution in [3.8, 4) is 11.5 Å². The number of rotatable bonds is 4. The van der Waals surface area contributed by atoms with Gasteiger partial charge >= 0.3 is 0 Å². The van der Waals surface area contributed by atoms with Gasteiger partial charge in [-0.3, -0.25) is 0 Å². The van der Waals surface area contributed by atoms with E-state index in [0.29, 0.717) is 10.7 Å². The maximum Gasteiger partial charge on any atom is 0.133 e. The van der Waals surface area contributed by atoms with Crippen molar-refractivity contribution in [2.24, 2.45) is 5.92 Å². The molecule has 0 heterocycles. The first-order chi connectivity index (χ1) is 9.67. The molecule has 0 radical (unpaired) electrons. The molecule has 0 amide bonds. The third-order valence-corrected chi connectivity index (χ3v) is 5.98. The summed E-state index contributed by atoms with van der Waals surface area (Å²) in [6.07, 6.45) is 7.99. The van der Waals surface area contributed by atoms with E-state index in [0.717, 1.165) is 16.0 Å². The average Bonchev–Trinajstić information content (AvgIpc) is 2.75. The fourth-order valence-corrected chi connectivity index (χ4v) is 4.33. The van der Waals surface area contributed by atoms with Gasteiger partial charge in [-0.05, 0) is 46.8 Å². The van der Waals surface area contributed by atoms with Crippen LogP contribution < -0.4 is 9.47 Å². The number of hydrogen-bond donors (Lipinski definition) is 0. The van der Waals surface area contributed by atoms with Gasteiger partial charge in [0.15, 0.2) is 0 Å². The van der Waals surface area contributed by atoms with E-state index in [9.17, 15) is 0 Å². The van der Waals surface area contributed by atoms with Gasteiger partial charge in [0, 0.05) is 10.4 Å². The SMILES string of the molecule is COc1cc(C(Br)C2CCCCCC2)c(OC)cc1Br. The van der Waals surface area contributed by atoms with Gasteiger partial charge in [0.05, 0.1) is 18.7 Å². The first-order valence-corrected chi connectivity index (χ1v) is 8.93. The van der Waals surface area contributed by atoms with Gasteiger partial charge in [0.25, 0.3) is 0 Å². The lowest BCUT2D eigenvalue weighted by Crippen LogP contribution is -2.08. The van der Waals surface area contributed by atoms with Crippen LogP contribution in [0.1, 0.15) is 48.9 Å². The Morgan fingerprint density at radius 2 is 1.60 bits per heavy atom. The lowest BCUT2D eigenvalue weighted by Gasteiger charge is -2.24. The Morgan fingerprint density at radius 1 is 1.00 bits per heavy atom. The van der Waals surface area contributed by atoms with Gasteiger partial charge in [0.2, 0.25) is 0 Å². The molecule has 2 nitrogen and oxygen atoms in total. The number of alkyl halides is 1. The Kier molecular flexibility index (Phi) is 6.21. The van der Waals surface area contributed by atoms with Crippen molar-refractivity contribution >= 4 is 31.9 Å². The largest absolute Gasteiger partial charge is 0.496 e. The molecule has 20 heavy (non-hydrogen) atoms. The van der Waals surface area contributed by atoms with Crippen LogP contribution >= 0.6 is 31.9 Å². The van der Waals surface area contributed by atoms with Gasteiger partial charge < -0.3 is 9.47 Å². The second-order valence-corrected chi connectivity index (χ2v) is 7.22. The molecule has 1 aliphatic rings. The summed E-state index contributed by atoms with van der Waals surface area (Å²) in [5.74, 6) is 2.46. The molecule has 1 fully saturated rings. The highest BCUT2D eigenvalue weighted by atomic mass is 79.9. The molecule has 0 aliphatic heterocycles. The maximum atomic E-state index is 5.55. The normalized spacial score (nSPS) is 18.4. The molecular weight excluding hydrogens is 384 g/mol. The molecule has 1 aromatic carbocycles. The first kappa shape index (κ1) is 16.2. The summed E-state index contributed by atoms with van der Waals surface area (Å²) in [5.41, 5.74) is 1.19. The van der Waals surface area contributed by atoms with Crippen molar-refractivity contribution in [3.05, 3.63) is 22.2 Å². The minimum absolute atomic E-state index is 0.331. The fraction of sp³-hybridized carbons (Fsp3) is 0.625. The topological polar surface area (TPSA) is 18.5 Å². The van der Waals surface area contributed by atoms with Crippen LogP contribution in [-0.4, -0.2) is 14.2 Å². The summed E-state index contributed by atoms with van der Waals surface area (Å²) in [6.45, 7) is 0. The highest BCUT2D eigenvalue weighted by molar-refractivity contribution is 9.10. The van der Waals surface area contributed by atoms with Crippen molar-refractivity contribution in [2.75, 3.05) is 14.2 Å². The Bertz CT molecular complexity index is 440. The van der Waals surface area contributed by atoms with E-state index in [2.05, 4.69) is 37.9 Å². The van der Waals surface area contributed by atoms with Crippen LogP contribution in [0.4, 0.5) is 0 Å². The zero-order chi connectivity index (χ0) is 14.5. The third-order valence-electron chi connectivity index (χ3n) is 4.11. The molecule has 112 valence electrons. The Hall–Kier alpha value is -0.220. The Labute approximate surface area is 138 Å². The molecule has 1 unspecified atom stereocenters. The van der Waals surface area contributed by atoms with Gasteiger partial charge in [-0.15, -0.1) is 0 Å². The summed E-state index contributed by atoms with van der Waals surface area (Å²) in [7, 11) is 3.43. The van der Waals surface area contributed by atoms with Crippen LogP contribution in [0.25, 0.3) is 0 Å². The number of halogens is 2. The third kappa shape index (κ3) is 3.70. The van der Waals surface area contributed by atoms with Crippen LogP contribution in [0.2, 0.25) is 0 Å². The van der Waals surface area contributed by atoms with Gasteiger partial charge in [-0.25, -0.2) is 0 Å². The molecule has 1 atom stereocenters. The van der Waals surface area contributed by atoms with Crippen LogP contribution in [0.3, 0.4) is 0 Å². The molecule has 1 aromatic rings. The Morgan fingerprint density at radius 3 is 2.15 bits per heavy atom. The standard InChI is InChI=1S/C16H22Br2O2/c1-19-14-10-13(17)15(20-2)9-12(14)16(18)11-7-5-3-4-6-8-11/h9-11,16H,3-8H2,1-2H3. The van der Waals surface area contributed by atoms with Crippen LogP contribution in [0, 0.1) is 5.92 Å². The van der Waals surface area contributed by atoms with E-state index in [1.54, 1.807) is 14.2 Å². The highest BCUT2D eigenvalue weighted by Gasteiger charge is 2.25. The van der Waals surface area contributed by atoms with E-state index in [1.807, 2.05) is 6.07 Å². The molecule has 0 bridgehead atoms. The molecular formula is C16H22Br2O2. The molecule has 0 aromatic heterocycles. The lowest BCUT2D eigenvalue weighted by molar-refractivity contribution is 0.386. The summed E-state index contributed by atoms with van der Waals surface area (Å²) in [5, 5.41) is 0. The average molecular weight is 406 g/mol. The number of methoxy groups -OCH3 is 2. The van der Waals surface area contributed by atoms with Crippen LogP contribution in [0.5, 0.6) is 11.5 Å². The highest BCUT2D eigenvalue weighted by Crippen LogP contribution is 2.45. The van der Waals surface area contributed by atoms with E-state index in [-0.39, 0.29) is 0 Å². The fourth-order valence-electron chi connectivity index (χ4n) is 2.96. The maximum absolute atomic E-state index is 5.55. The van der Waals surface area contributed by atoms with Crippen LogP contribution in [-0.2, 0) is 0 Å². The molecule has 0 N–H and O–H groups in total. The molecule has 1 aliphatic carbocycles. The van der Waals surface area contributed by atoms with Gasteiger partial charge in [-0.1, -0.05) is 41.6 Å². The lowest BCUT2D eigenvalue weighted by atomic mass is 9.92. The summed E-state index contributed by atoms with van der Waals surface area (Å²) in [6, 6.07) is 4.09. The summed E-state index contributed by atoms with van der Waals surface area (Å²) in [4.78, 5) is 0.331. The van der Waals surface area contributed by atoms with Crippen LogP contribution in [0.15, 0.2) is 16.6 Å². The quantitative estimate of drug-likeness (QED) is 0.460. The van der Waals surface area contributed by atoms with Gasteiger partial charge in [-0.2, -0.15) is 0 Å². The Balaban J connectivity index is 2.29. The molecule has 2 rings (SSSR count). The van der Waals surface area contributed by atoms with Crippen molar-refractivity contribution in [1.82, 2.24) is 0 Å². The molecule has 0 saturated heterocycles. The predicted molar refractivity (Wildman–Crippen MR) is 90.1 cm³/mol. The summed E-state index contributed by atoms with van der Waals surface area (Å²) < 4.78 is 11.9. The minimum atomic E-state index is 0.331. The van der Waals surface area contributed by atoms with Crippen molar-refractivity contribution in [2.45, 2.75) is 43.4 Å². The van der Waals surface area contributed by atoms with E-state index >= 15 is 0 Å². The zero-order valence-corrected chi connectivity index (χ0v) is 15.3. The van der Waals surface area contributed by atoms with E-state index < -0.39 is 0 Å². The van der Waals surface area contributed by atoms with Crippen molar-refractivity contribution in [3.63, 3.8) is 0 Å². The van der Waals surface area contributed by atoms with E-state index in [1.165, 1.54) is 44.1 Å². The van der Waals surface area contributed by atoms with Crippen molar-refractivity contribution in [1.29, 1.82) is 0 Å². The molecule has 4 heteroatoms. The van der Waals surface area contributed by atoms with Crippen molar-refractivity contribution < 1.29 is 9.47 Å². The minimum Gasteiger partial charge on any atom is -0.496 e. The number of hydrogen-bond acceptors (Lipinski definition) is 2. The first-order valence-electron chi connectivity index (χ1n) is 7.23. The van der Waals surface area contributed by atoms with Gasteiger partial charge in [0.1, 0.15) is 11.5 Å². The number of ether oxygens (including phenoxy) is 2. The van der Waals surface area contributed by atoms with E-state index in [4.69, 9.17) is 9.47 Å². The summed E-state index contributed by atoms with van der Waals surface area (Å²) >= 11 is 7.43. The zero-order valence-electron chi connectivity index (χ0n) is 12.1. The molecule has 0 spiro atoms. The predicted octanol–water partition coefficient (Wildman–Crippen LogP) is 5.87.